The summed E-state index contributed by atoms with van der Waals surface area (Å²) in [7, 11) is 0. The minimum Gasteiger partial charge on any atom is -0.464 e. The molecule has 0 aromatic heterocycles. The molecular weight excluding hydrogens is 508 g/mol. The number of halogens is 1. The van der Waals surface area contributed by atoms with Crippen molar-refractivity contribution in [2.45, 2.75) is 64.0 Å². The van der Waals surface area contributed by atoms with Crippen LogP contribution < -0.4 is 10.2 Å². The molecule has 2 aliphatic rings. The Hall–Kier alpha value is -3.23. The minimum atomic E-state index is -2.28. The van der Waals surface area contributed by atoms with Gasteiger partial charge in [0.2, 0.25) is 17.4 Å². The van der Waals surface area contributed by atoms with Crippen molar-refractivity contribution in [1.29, 1.82) is 0 Å². The SMILES string of the molecule is CCOC(=O)C1(C(=O)OCC)N[C@H](CC(C)C)[C@@H](c2ccccc2)[C@]12C(=O)N(C(C)=O)c1ccc(Cl)cc12. The van der Waals surface area contributed by atoms with Gasteiger partial charge in [-0.1, -0.05) is 55.8 Å². The first kappa shape index (κ1) is 27.8. The van der Waals surface area contributed by atoms with Gasteiger partial charge in [0.1, 0.15) is 5.41 Å². The Morgan fingerprint density at radius 1 is 1.03 bits per heavy atom. The van der Waals surface area contributed by atoms with E-state index in [2.05, 4.69) is 5.32 Å². The first-order chi connectivity index (χ1) is 18.1. The Kier molecular flexibility index (Phi) is 7.68. The van der Waals surface area contributed by atoms with Gasteiger partial charge in [-0.3, -0.25) is 14.9 Å². The van der Waals surface area contributed by atoms with Gasteiger partial charge >= 0.3 is 11.9 Å². The van der Waals surface area contributed by atoms with E-state index in [4.69, 9.17) is 21.1 Å². The van der Waals surface area contributed by atoms with Crippen molar-refractivity contribution >= 4 is 41.0 Å². The average Bonchev–Trinajstić information content (AvgIpc) is 3.30. The van der Waals surface area contributed by atoms with E-state index in [1.807, 2.05) is 44.2 Å². The van der Waals surface area contributed by atoms with Crippen LogP contribution in [0.15, 0.2) is 48.5 Å². The molecule has 1 saturated heterocycles. The van der Waals surface area contributed by atoms with E-state index in [1.165, 1.54) is 6.92 Å². The Balaban J connectivity index is 2.21. The number of benzene rings is 2. The van der Waals surface area contributed by atoms with Crippen molar-refractivity contribution in [1.82, 2.24) is 5.32 Å². The van der Waals surface area contributed by atoms with Gasteiger partial charge in [-0.25, -0.2) is 14.5 Å². The molecule has 8 nitrogen and oxygen atoms in total. The number of carbonyl (C=O) groups excluding carboxylic acids is 4. The number of hydrogen-bond donors (Lipinski definition) is 1. The van der Waals surface area contributed by atoms with Crippen LogP contribution in [0.5, 0.6) is 0 Å². The number of nitrogens with zero attached hydrogens (tertiary/aromatic N) is 1. The lowest BCUT2D eigenvalue weighted by molar-refractivity contribution is -0.171. The number of esters is 2. The molecule has 0 unspecified atom stereocenters. The molecule has 0 aliphatic carbocycles. The molecule has 1 fully saturated rings. The number of nitrogens with one attached hydrogen (secondary N) is 1. The number of imide groups is 1. The highest BCUT2D eigenvalue weighted by Gasteiger charge is 2.80. The van der Waals surface area contributed by atoms with Gasteiger partial charge in [0.25, 0.3) is 0 Å². The molecule has 1 spiro atoms. The van der Waals surface area contributed by atoms with Crippen LogP contribution in [0.3, 0.4) is 0 Å². The third kappa shape index (κ3) is 3.93. The second kappa shape index (κ2) is 10.5. The summed E-state index contributed by atoms with van der Waals surface area (Å²) in [6.45, 7) is 8.51. The Morgan fingerprint density at radius 3 is 2.16 bits per heavy atom. The predicted molar refractivity (Wildman–Crippen MR) is 143 cm³/mol. The molecule has 0 saturated carbocycles. The fraction of sp³-hybridized carbons (Fsp3) is 0.448. The summed E-state index contributed by atoms with van der Waals surface area (Å²) in [5.41, 5.74) is -2.89. The summed E-state index contributed by atoms with van der Waals surface area (Å²) in [4.78, 5) is 57.0. The molecule has 9 heteroatoms. The van der Waals surface area contributed by atoms with Gasteiger partial charge in [-0.05, 0) is 55.5 Å². The highest BCUT2D eigenvalue weighted by Crippen LogP contribution is 2.62. The molecular formula is C29H33ClN2O6. The van der Waals surface area contributed by atoms with Gasteiger partial charge in [-0.15, -0.1) is 0 Å². The highest BCUT2D eigenvalue weighted by molar-refractivity contribution is 6.32. The second-order valence-corrected chi connectivity index (χ2v) is 10.5. The normalized spacial score (nSPS) is 23.6. The van der Waals surface area contributed by atoms with Crippen LogP contribution in [0.1, 0.15) is 58.1 Å². The van der Waals surface area contributed by atoms with E-state index < -0.39 is 46.7 Å². The minimum absolute atomic E-state index is 0.0321. The zero-order valence-electron chi connectivity index (χ0n) is 22.2. The first-order valence-electron chi connectivity index (χ1n) is 12.9. The molecule has 0 bridgehead atoms. The molecule has 2 heterocycles. The van der Waals surface area contributed by atoms with E-state index in [0.29, 0.717) is 17.0 Å². The van der Waals surface area contributed by atoms with Crippen molar-refractivity contribution in [2.75, 3.05) is 18.1 Å². The molecule has 2 amide bonds. The maximum Gasteiger partial charge on any atom is 0.339 e. The lowest BCUT2D eigenvalue weighted by Gasteiger charge is -2.41. The summed E-state index contributed by atoms with van der Waals surface area (Å²) in [6.07, 6.45) is 0.519. The fourth-order valence-electron chi connectivity index (χ4n) is 6.25. The first-order valence-corrected chi connectivity index (χ1v) is 13.3. The largest absolute Gasteiger partial charge is 0.464 e. The van der Waals surface area contributed by atoms with E-state index in [9.17, 15) is 19.2 Å². The zero-order valence-corrected chi connectivity index (χ0v) is 23.0. The van der Waals surface area contributed by atoms with Gasteiger partial charge in [0, 0.05) is 23.9 Å². The van der Waals surface area contributed by atoms with Crippen molar-refractivity contribution in [2.24, 2.45) is 5.92 Å². The van der Waals surface area contributed by atoms with Crippen LogP contribution in [-0.2, 0) is 34.1 Å². The van der Waals surface area contributed by atoms with Crippen molar-refractivity contribution in [3.05, 3.63) is 64.7 Å². The number of carbonyl (C=O) groups is 4. The summed E-state index contributed by atoms with van der Waals surface area (Å²) >= 11 is 6.48. The van der Waals surface area contributed by atoms with Crippen LogP contribution in [0.4, 0.5) is 5.69 Å². The third-order valence-corrected chi connectivity index (χ3v) is 7.62. The van der Waals surface area contributed by atoms with Gasteiger partial charge < -0.3 is 9.47 Å². The molecule has 2 aromatic rings. The molecule has 38 heavy (non-hydrogen) atoms. The van der Waals surface area contributed by atoms with Crippen molar-refractivity contribution in [3.63, 3.8) is 0 Å². The maximum atomic E-state index is 14.8. The van der Waals surface area contributed by atoms with Crippen molar-refractivity contribution < 1.29 is 28.7 Å². The van der Waals surface area contributed by atoms with Gasteiger partial charge in [-0.2, -0.15) is 0 Å². The van der Waals surface area contributed by atoms with Crippen LogP contribution >= 0.6 is 11.6 Å². The highest BCUT2D eigenvalue weighted by atomic mass is 35.5. The van der Waals surface area contributed by atoms with Crippen LogP contribution in [-0.4, -0.2) is 48.5 Å². The summed E-state index contributed by atoms with van der Waals surface area (Å²) in [5, 5.41) is 3.58. The number of rotatable bonds is 7. The number of amides is 2. The molecule has 2 aromatic carbocycles. The summed E-state index contributed by atoms with van der Waals surface area (Å²) in [6, 6.07) is 13.4. The third-order valence-electron chi connectivity index (χ3n) is 7.39. The molecule has 2 aliphatic heterocycles. The van der Waals surface area contributed by atoms with Crippen LogP contribution in [0.2, 0.25) is 5.02 Å². The van der Waals surface area contributed by atoms with Gasteiger partial charge in [0.15, 0.2) is 0 Å². The number of ether oxygens (including phenoxy) is 2. The average molecular weight is 541 g/mol. The smallest absolute Gasteiger partial charge is 0.339 e. The standard InChI is InChI=1S/C29H33ClN2O6/c1-6-37-26(35)29(27(36)38-7-2)28(21-16-20(30)13-14-23(21)32(18(5)33)25(28)34)24(19-11-9-8-10-12-19)22(31-29)15-17(3)4/h8-14,16-17,22,24,31H,6-7,15H2,1-5H3/t22-,24-,28-/m1/s1. The molecule has 1 N–H and O–H groups in total. The topological polar surface area (TPSA) is 102 Å². The number of hydrogen-bond acceptors (Lipinski definition) is 7. The lowest BCUT2D eigenvalue weighted by atomic mass is 9.58. The molecule has 3 atom stereocenters. The Labute approximate surface area is 227 Å². The van der Waals surface area contributed by atoms with Crippen molar-refractivity contribution in [3.8, 4) is 0 Å². The molecule has 202 valence electrons. The zero-order chi connectivity index (χ0) is 27.8. The van der Waals surface area contributed by atoms with E-state index in [0.717, 1.165) is 10.5 Å². The number of anilines is 1. The Bertz CT molecular complexity index is 1240. The van der Waals surface area contributed by atoms with E-state index in [1.54, 1.807) is 32.0 Å². The molecule has 4 rings (SSSR count). The lowest BCUT2D eigenvalue weighted by Crippen LogP contribution is -2.70. The quantitative estimate of drug-likeness (QED) is 0.416. The van der Waals surface area contributed by atoms with E-state index >= 15 is 0 Å². The summed E-state index contributed by atoms with van der Waals surface area (Å²) in [5.74, 6) is -3.72. The van der Waals surface area contributed by atoms with Crippen LogP contribution in [0, 0.1) is 5.92 Å². The van der Waals surface area contributed by atoms with E-state index in [-0.39, 0.29) is 24.8 Å². The fourth-order valence-corrected chi connectivity index (χ4v) is 6.43. The van der Waals surface area contributed by atoms with Gasteiger partial charge in [0.05, 0.1) is 18.9 Å². The Morgan fingerprint density at radius 2 is 1.63 bits per heavy atom. The molecule has 0 radical (unpaired) electrons. The second-order valence-electron chi connectivity index (χ2n) is 10.1. The summed E-state index contributed by atoms with van der Waals surface area (Å²) < 4.78 is 11.0. The monoisotopic (exact) mass is 540 g/mol. The maximum absolute atomic E-state index is 14.8. The van der Waals surface area contributed by atoms with Crippen LogP contribution in [0.25, 0.3) is 0 Å². The predicted octanol–water partition coefficient (Wildman–Crippen LogP) is 4.14. The number of fused-ring (bicyclic) bond motifs is 2.